The van der Waals surface area contributed by atoms with Crippen LogP contribution in [0, 0.1) is 0 Å². The second-order valence-electron chi connectivity index (χ2n) is 3.63. The predicted octanol–water partition coefficient (Wildman–Crippen LogP) is 1.43. The standard InChI is InChI=1S/C11H10O5S/c1-7(12)16-10-5-6-11(17(13,14)15)9-4-2-3-8(9)10/h2-3,5-6H,4H2,1H3,(H,13,14,15). The SMILES string of the molecule is CC(=O)Oc1ccc(S(=O)(=O)O)c2c1C=CC2. The Morgan fingerprint density at radius 3 is 2.71 bits per heavy atom. The maximum atomic E-state index is 11.1. The molecule has 0 amide bonds. The van der Waals surface area contributed by atoms with E-state index in [0.29, 0.717) is 23.3 Å². The van der Waals surface area contributed by atoms with Gasteiger partial charge in [0.15, 0.2) is 0 Å². The van der Waals surface area contributed by atoms with Gasteiger partial charge in [-0.1, -0.05) is 12.2 Å². The number of esters is 1. The van der Waals surface area contributed by atoms with Crippen LogP contribution < -0.4 is 4.74 Å². The molecule has 0 unspecified atom stereocenters. The van der Waals surface area contributed by atoms with Gasteiger partial charge in [0, 0.05) is 12.5 Å². The van der Waals surface area contributed by atoms with Crippen LogP contribution in [0.3, 0.4) is 0 Å². The summed E-state index contributed by atoms with van der Waals surface area (Å²) in [4.78, 5) is 10.7. The van der Waals surface area contributed by atoms with Crippen molar-refractivity contribution in [3.8, 4) is 5.75 Å². The largest absolute Gasteiger partial charge is 0.426 e. The molecule has 0 saturated carbocycles. The lowest BCUT2D eigenvalue weighted by atomic mass is 10.1. The normalized spacial score (nSPS) is 13.5. The molecule has 0 bridgehead atoms. The number of allylic oxidation sites excluding steroid dienone is 1. The van der Waals surface area contributed by atoms with Crippen molar-refractivity contribution in [2.45, 2.75) is 18.2 Å². The Labute approximate surface area is 98.5 Å². The first-order valence-corrected chi connectivity index (χ1v) is 6.32. The zero-order valence-electron chi connectivity index (χ0n) is 9.00. The lowest BCUT2D eigenvalue weighted by Gasteiger charge is -2.10. The fraction of sp³-hybridized carbons (Fsp3) is 0.182. The molecule has 1 aliphatic carbocycles. The van der Waals surface area contributed by atoms with E-state index in [-0.39, 0.29) is 4.90 Å². The van der Waals surface area contributed by atoms with Crippen molar-refractivity contribution >= 4 is 22.2 Å². The fourth-order valence-corrected chi connectivity index (χ4v) is 2.54. The van der Waals surface area contributed by atoms with Crippen molar-refractivity contribution in [2.75, 3.05) is 0 Å². The quantitative estimate of drug-likeness (QED) is 0.490. The highest BCUT2D eigenvalue weighted by Crippen LogP contribution is 2.34. The molecule has 1 N–H and O–H groups in total. The molecule has 6 heteroatoms. The predicted molar refractivity (Wildman–Crippen MR) is 60.3 cm³/mol. The molecular weight excluding hydrogens is 244 g/mol. The van der Waals surface area contributed by atoms with Crippen molar-refractivity contribution in [1.29, 1.82) is 0 Å². The highest BCUT2D eigenvalue weighted by Gasteiger charge is 2.22. The zero-order valence-corrected chi connectivity index (χ0v) is 9.82. The van der Waals surface area contributed by atoms with Gasteiger partial charge in [-0.05, 0) is 24.1 Å². The maximum absolute atomic E-state index is 11.1. The van der Waals surface area contributed by atoms with Crippen molar-refractivity contribution in [3.05, 3.63) is 29.3 Å². The first kappa shape index (κ1) is 11.8. The lowest BCUT2D eigenvalue weighted by molar-refractivity contribution is -0.131. The van der Waals surface area contributed by atoms with Crippen LogP contribution in [0.25, 0.3) is 6.08 Å². The van der Waals surface area contributed by atoms with Crippen molar-refractivity contribution in [3.63, 3.8) is 0 Å². The third-order valence-electron chi connectivity index (χ3n) is 2.41. The number of carbonyl (C=O) groups excluding carboxylic acids is 1. The third-order valence-corrected chi connectivity index (χ3v) is 3.35. The molecule has 0 spiro atoms. The molecular formula is C11H10O5S. The number of fused-ring (bicyclic) bond motifs is 1. The van der Waals surface area contributed by atoms with E-state index in [0.717, 1.165) is 0 Å². The molecule has 0 aromatic heterocycles. The molecule has 5 nitrogen and oxygen atoms in total. The number of ether oxygens (including phenoxy) is 1. The maximum Gasteiger partial charge on any atom is 0.308 e. The Hall–Kier alpha value is -1.66. The molecule has 1 aliphatic rings. The number of carbonyl (C=O) groups is 1. The molecule has 0 atom stereocenters. The summed E-state index contributed by atoms with van der Waals surface area (Å²) in [7, 11) is -4.25. The van der Waals surface area contributed by atoms with E-state index in [2.05, 4.69) is 0 Å². The Bertz CT molecular complexity index is 613. The van der Waals surface area contributed by atoms with Gasteiger partial charge in [0.1, 0.15) is 5.75 Å². The summed E-state index contributed by atoms with van der Waals surface area (Å²) in [6.07, 6.45) is 3.80. The van der Waals surface area contributed by atoms with Gasteiger partial charge in [-0.25, -0.2) is 0 Å². The van der Waals surface area contributed by atoms with Crippen LogP contribution in [0.1, 0.15) is 18.1 Å². The summed E-state index contributed by atoms with van der Waals surface area (Å²) >= 11 is 0. The minimum absolute atomic E-state index is 0.145. The summed E-state index contributed by atoms with van der Waals surface area (Å²) in [6, 6.07) is 2.60. The smallest absolute Gasteiger partial charge is 0.308 e. The Balaban J connectivity index is 2.60. The zero-order chi connectivity index (χ0) is 12.6. The van der Waals surface area contributed by atoms with Gasteiger partial charge in [0.25, 0.3) is 10.1 Å². The number of hydrogen-bond acceptors (Lipinski definition) is 4. The van der Waals surface area contributed by atoms with Gasteiger partial charge in [0.05, 0.1) is 4.90 Å². The summed E-state index contributed by atoms with van der Waals surface area (Å²) in [5.74, 6) is -0.180. The molecule has 0 radical (unpaired) electrons. The lowest BCUT2D eigenvalue weighted by Crippen LogP contribution is -2.07. The van der Waals surface area contributed by atoms with Crippen molar-refractivity contribution < 1.29 is 22.5 Å². The molecule has 0 fully saturated rings. The molecule has 0 heterocycles. The van der Waals surface area contributed by atoms with Gasteiger partial charge >= 0.3 is 5.97 Å². The summed E-state index contributed by atoms with van der Waals surface area (Å²) in [5.41, 5.74) is 0.974. The summed E-state index contributed by atoms with van der Waals surface area (Å²) in [6.45, 7) is 1.27. The van der Waals surface area contributed by atoms with Crippen LogP contribution in [0.4, 0.5) is 0 Å². The molecule has 17 heavy (non-hydrogen) atoms. The van der Waals surface area contributed by atoms with E-state index >= 15 is 0 Å². The molecule has 90 valence electrons. The Kier molecular flexibility index (Phi) is 2.76. The third kappa shape index (κ3) is 2.22. The molecule has 1 aromatic rings. The van der Waals surface area contributed by atoms with Crippen LogP contribution in [0.5, 0.6) is 5.75 Å². The highest BCUT2D eigenvalue weighted by atomic mass is 32.2. The molecule has 2 rings (SSSR count). The van der Waals surface area contributed by atoms with E-state index in [1.54, 1.807) is 12.2 Å². The number of benzene rings is 1. The first-order chi connectivity index (χ1) is 7.89. The van der Waals surface area contributed by atoms with Crippen LogP contribution in [-0.4, -0.2) is 18.9 Å². The van der Waals surface area contributed by atoms with E-state index in [9.17, 15) is 13.2 Å². The molecule has 0 aliphatic heterocycles. The number of rotatable bonds is 2. The summed E-state index contributed by atoms with van der Waals surface area (Å²) in [5, 5.41) is 0. The number of hydrogen-bond donors (Lipinski definition) is 1. The topological polar surface area (TPSA) is 80.7 Å². The van der Waals surface area contributed by atoms with E-state index in [4.69, 9.17) is 9.29 Å². The Morgan fingerprint density at radius 1 is 1.41 bits per heavy atom. The van der Waals surface area contributed by atoms with Gasteiger partial charge in [0.2, 0.25) is 0 Å². The van der Waals surface area contributed by atoms with Gasteiger partial charge in [-0.3, -0.25) is 9.35 Å². The van der Waals surface area contributed by atoms with Crippen LogP contribution in [0.15, 0.2) is 23.1 Å². The first-order valence-electron chi connectivity index (χ1n) is 4.88. The van der Waals surface area contributed by atoms with Crippen molar-refractivity contribution in [2.24, 2.45) is 0 Å². The molecule has 0 saturated heterocycles. The molecule has 1 aromatic carbocycles. The van der Waals surface area contributed by atoms with Gasteiger partial charge in [-0.15, -0.1) is 0 Å². The van der Waals surface area contributed by atoms with Gasteiger partial charge < -0.3 is 4.74 Å². The van der Waals surface area contributed by atoms with E-state index < -0.39 is 16.1 Å². The van der Waals surface area contributed by atoms with E-state index in [1.807, 2.05) is 0 Å². The Morgan fingerprint density at radius 2 is 2.12 bits per heavy atom. The van der Waals surface area contributed by atoms with Crippen LogP contribution >= 0.6 is 0 Å². The second-order valence-corrected chi connectivity index (χ2v) is 5.02. The fourth-order valence-electron chi connectivity index (χ4n) is 1.80. The average Bonchev–Trinajstić information content (AvgIpc) is 2.63. The van der Waals surface area contributed by atoms with Crippen LogP contribution in [0.2, 0.25) is 0 Å². The van der Waals surface area contributed by atoms with E-state index in [1.165, 1.54) is 19.1 Å². The average molecular weight is 254 g/mol. The second kappa shape index (κ2) is 3.97. The van der Waals surface area contributed by atoms with Gasteiger partial charge in [-0.2, -0.15) is 8.42 Å². The van der Waals surface area contributed by atoms with Crippen molar-refractivity contribution in [1.82, 2.24) is 0 Å². The monoisotopic (exact) mass is 254 g/mol. The minimum atomic E-state index is -4.25. The summed E-state index contributed by atoms with van der Waals surface area (Å²) < 4.78 is 36.3. The van der Waals surface area contributed by atoms with Crippen LogP contribution in [-0.2, 0) is 21.3 Å². The highest BCUT2D eigenvalue weighted by molar-refractivity contribution is 7.85. The minimum Gasteiger partial charge on any atom is -0.426 e.